The quantitative estimate of drug-likeness (QED) is 0.438. The first-order valence-electron chi connectivity index (χ1n) is 12.6. The van der Waals surface area contributed by atoms with Gasteiger partial charge in [-0.2, -0.15) is 0 Å². The van der Waals surface area contributed by atoms with E-state index in [1.165, 1.54) is 27.8 Å². The lowest BCUT2D eigenvalue weighted by Gasteiger charge is -2.28. The number of nitrogens with one attached hydrogen (secondary N) is 1. The van der Waals surface area contributed by atoms with Crippen molar-refractivity contribution in [3.05, 3.63) is 82.5 Å². The molecule has 1 nitrogen and oxygen atoms in total. The van der Waals surface area contributed by atoms with Gasteiger partial charge in [0.1, 0.15) is 0 Å². The SMILES string of the molecule is C=C(C1=CCC=C(CCC2(C)CC(C)(C)c3ccc(C(=N)C(C)(C)C)cc32)C=C1)C(C)(C)C. The molecule has 0 amide bonds. The van der Waals surface area contributed by atoms with Crippen molar-refractivity contribution in [2.75, 3.05) is 0 Å². The van der Waals surface area contributed by atoms with E-state index < -0.39 is 0 Å². The molecular formula is C32H45N. The van der Waals surface area contributed by atoms with Gasteiger partial charge < -0.3 is 5.41 Å². The molecule has 1 aromatic carbocycles. The fourth-order valence-electron chi connectivity index (χ4n) is 5.54. The van der Waals surface area contributed by atoms with E-state index in [0.717, 1.165) is 37.0 Å². The van der Waals surface area contributed by atoms with Crippen LogP contribution in [-0.2, 0) is 10.8 Å². The summed E-state index contributed by atoms with van der Waals surface area (Å²) in [6, 6.07) is 6.81. The maximum atomic E-state index is 8.72. The predicted molar refractivity (Wildman–Crippen MR) is 145 cm³/mol. The Bertz CT molecular complexity index is 1040. The molecule has 2 aliphatic rings. The zero-order chi connectivity index (χ0) is 24.8. The Morgan fingerprint density at radius 3 is 2.21 bits per heavy atom. The zero-order valence-electron chi connectivity index (χ0n) is 22.6. The van der Waals surface area contributed by atoms with Crippen molar-refractivity contribution in [2.24, 2.45) is 10.8 Å². The molecule has 0 aromatic heterocycles. The largest absolute Gasteiger partial charge is 0.304 e. The molecule has 0 spiro atoms. The van der Waals surface area contributed by atoms with Crippen LogP contribution in [0.2, 0.25) is 0 Å². The lowest BCUT2D eigenvalue weighted by atomic mass is 9.75. The van der Waals surface area contributed by atoms with Gasteiger partial charge in [0.05, 0.1) is 0 Å². The smallest absolute Gasteiger partial charge is 0.0439 e. The molecule has 0 radical (unpaired) electrons. The minimum absolute atomic E-state index is 0.0891. The summed E-state index contributed by atoms with van der Waals surface area (Å²) in [5.74, 6) is 0. The van der Waals surface area contributed by atoms with E-state index in [1.54, 1.807) is 0 Å². The van der Waals surface area contributed by atoms with Crippen molar-refractivity contribution in [2.45, 2.75) is 98.8 Å². The second-order valence-corrected chi connectivity index (χ2v) is 13.2. The predicted octanol–water partition coefficient (Wildman–Crippen LogP) is 9.23. The van der Waals surface area contributed by atoms with E-state index in [2.05, 4.69) is 111 Å². The highest BCUT2D eigenvalue weighted by Crippen LogP contribution is 2.52. The van der Waals surface area contributed by atoms with Crippen molar-refractivity contribution in [3.8, 4) is 0 Å². The molecule has 0 fully saturated rings. The normalized spacial score (nSPS) is 22.3. The van der Waals surface area contributed by atoms with Crippen LogP contribution in [0.5, 0.6) is 0 Å². The number of rotatable bonds is 5. The van der Waals surface area contributed by atoms with E-state index in [1.807, 2.05) is 0 Å². The molecule has 178 valence electrons. The van der Waals surface area contributed by atoms with Gasteiger partial charge in [0.15, 0.2) is 0 Å². The molecule has 0 saturated carbocycles. The first-order chi connectivity index (χ1) is 15.0. The Hall–Kier alpha value is -2.15. The summed E-state index contributed by atoms with van der Waals surface area (Å²) in [6.45, 7) is 24.7. The summed E-state index contributed by atoms with van der Waals surface area (Å²) in [7, 11) is 0. The highest BCUT2D eigenvalue weighted by molar-refractivity contribution is 6.02. The molecular weight excluding hydrogens is 398 g/mol. The first kappa shape index (κ1) is 25.5. The van der Waals surface area contributed by atoms with E-state index in [-0.39, 0.29) is 21.7 Å². The molecule has 1 N–H and O–H groups in total. The van der Waals surface area contributed by atoms with Gasteiger partial charge in [0.25, 0.3) is 0 Å². The second-order valence-electron chi connectivity index (χ2n) is 13.2. The van der Waals surface area contributed by atoms with Crippen LogP contribution in [0.1, 0.15) is 105 Å². The molecule has 3 rings (SSSR count). The zero-order valence-corrected chi connectivity index (χ0v) is 22.6. The summed E-state index contributed by atoms with van der Waals surface area (Å²) in [4.78, 5) is 0. The van der Waals surface area contributed by atoms with Gasteiger partial charge in [-0.3, -0.25) is 0 Å². The van der Waals surface area contributed by atoms with Crippen LogP contribution in [-0.4, -0.2) is 5.71 Å². The van der Waals surface area contributed by atoms with Crippen LogP contribution < -0.4 is 0 Å². The average Bonchev–Trinajstić information content (AvgIpc) is 2.84. The Morgan fingerprint density at radius 1 is 0.939 bits per heavy atom. The number of benzene rings is 1. The third-order valence-electron chi connectivity index (χ3n) is 7.68. The van der Waals surface area contributed by atoms with Gasteiger partial charge in [-0.05, 0) is 75.8 Å². The molecule has 0 saturated heterocycles. The third-order valence-corrected chi connectivity index (χ3v) is 7.68. The number of allylic oxidation sites excluding steroid dienone is 7. The summed E-state index contributed by atoms with van der Waals surface area (Å²) in [6.07, 6.45) is 13.6. The van der Waals surface area contributed by atoms with Gasteiger partial charge in [-0.15, -0.1) is 0 Å². The van der Waals surface area contributed by atoms with E-state index in [0.29, 0.717) is 0 Å². The Kier molecular flexibility index (Phi) is 6.61. The van der Waals surface area contributed by atoms with Gasteiger partial charge >= 0.3 is 0 Å². The number of fused-ring (bicyclic) bond motifs is 1. The first-order valence-corrected chi connectivity index (χ1v) is 12.6. The molecule has 2 aliphatic carbocycles. The van der Waals surface area contributed by atoms with Crippen molar-refractivity contribution < 1.29 is 0 Å². The second kappa shape index (κ2) is 8.57. The van der Waals surface area contributed by atoms with Gasteiger partial charge in [0, 0.05) is 11.1 Å². The number of hydrogen-bond acceptors (Lipinski definition) is 1. The fraction of sp³-hybridized carbons (Fsp3) is 0.531. The monoisotopic (exact) mass is 443 g/mol. The van der Waals surface area contributed by atoms with Crippen molar-refractivity contribution in [1.82, 2.24) is 0 Å². The molecule has 1 heteroatoms. The maximum absolute atomic E-state index is 8.72. The Morgan fingerprint density at radius 2 is 1.61 bits per heavy atom. The maximum Gasteiger partial charge on any atom is 0.0439 e. The lowest BCUT2D eigenvalue weighted by Crippen LogP contribution is -2.23. The summed E-state index contributed by atoms with van der Waals surface area (Å²) in [5.41, 5.74) is 8.87. The standard InChI is InChI=1S/C32H45N/c1-22(29(2,3)4)24-13-11-12-23(14-15-24)18-19-32(10)21-31(8,9)26-17-16-25(20-27(26)32)28(33)30(5,6)7/h12-17,20,33H,1,11,18-19,21H2,2-10H3. The van der Waals surface area contributed by atoms with Crippen molar-refractivity contribution >= 4 is 5.71 Å². The fourth-order valence-corrected chi connectivity index (χ4v) is 5.54. The Labute approximate surface area is 203 Å². The average molecular weight is 444 g/mol. The van der Waals surface area contributed by atoms with Gasteiger partial charge in [-0.1, -0.05) is 111 Å². The van der Waals surface area contributed by atoms with Crippen LogP contribution in [0, 0.1) is 16.2 Å². The van der Waals surface area contributed by atoms with Crippen molar-refractivity contribution in [1.29, 1.82) is 5.41 Å². The molecule has 0 bridgehead atoms. The molecule has 0 aliphatic heterocycles. The minimum atomic E-state index is -0.142. The minimum Gasteiger partial charge on any atom is -0.304 e. The molecule has 1 unspecified atom stereocenters. The van der Waals surface area contributed by atoms with Gasteiger partial charge in [-0.25, -0.2) is 0 Å². The Balaban J connectivity index is 1.83. The summed E-state index contributed by atoms with van der Waals surface area (Å²) in [5, 5.41) is 8.72. The molecule has 0 heterocycles. The van der Waals surface area contributed by atoms with Crippen LogP contribution >= 0.6 is 0 Å². The van der Waals surface area contributed by atoms with Crippen LogP contribution in [0.25, 0.3) is 0 Å². The summed E-state index contributed by atoms with van der Waals surface area (Å²) < 4.78 is 0. The van der Waals surface area contributed by atoms with Crippen LogP contribution in [0.3, 0.4) is 0 Å². The lowest BCUT2D eigenvalue weighted by molar-refractivity contribution is 0.356. The van der Waals surface area contributed by atoms with E-state index in [9.17, 15) is 0 Å². The van der Waals surface area contributed by atoms with Crippen LogP contribution in [0.15, 0.2) is 65.8 Å². The van der Waals surface area contributed by atoms with E-state index >= 15 is 0 Å². The van der Waals surface area contributed by atoms with Crippen molar-refractivity contribution in [3.63, 3.8) is 0 Å². The van der Waals surface area contributed by atoms with Crippen LogP contribution in [0.4, 0.5) is 0 Å². The number of hydrogen-bond donors (Lipinski definition) is 1. The molecule has 1 atom stereocenters. The highest BCUT2D eigenvalue weighted by atomic mass is 14.5. The van der Waals surface area contributed by atoms with Gasteiger partial charge in [0.2, 0.25) is 0 Å². The highest BCUT2D eigenvalue weighted by Gasteiger charge is 2.44. The topological polar surface area (TPSA) is 23.9 Å². The summed E-state index contributed by atoms with van der Waals surface area (Å²) >= 11 is 0. The molecule has 1 aromatic rings. The van der Waals surface area contributed by atoms with E-state index in [4.69, 9.17) is 5.41 Å². The third kappa shape index (κ3) is 5.34. The molecule has 33 heavy (non-hydrogen) atoms.